The molecule has 0 saturated carbocycles. The van der Waals surface area contributed by atoms with Gasteiger partial charge in [0.1, 0.15) is 5.02 Å². The van der Waals surface area contributed by atoms with Gasteiger partial charge in [-0.2, -0.15) is 5.10 Å². The fourth-order valence-corrected chi connectivity index (χ4v) is 3.88. The summed E-state index contributed by atoms with van der Waals surface area (Å²) in [6, 6.07) is 5.83. The van der Waals surface area contributed by atoms with Crippen LogP contribution in [0.15, 0.2) is 23.6 Å². The Labute approximate surface area is 149 Å². The van der Waals surface area contributed by atoms with Gasteiger partial charge in [0.25, 0.3) is 5.91 Å². The molecule has 3 heterocycles. The van der Waals surface area contributed by atoms with Gasteiger partial charge in [-0.1, -0.05) is 31.5 Å². The van der Waals surface area contributed by atoms with Crippen LogP contribution in [0.3, 0.4) is 0 Å². The van der Waals surface area contributed by atoms with Crippen LogP contribution in [0.5, 0.6) is 0 Å². The van der Waals surface area contributed by atoms with Crippen LogP contribution >= 0.6 is 22.9 Å². The molecule has 5 nitrogen and oxygen atoms in total. The van der Waals surface area contributed by atoms with Crippen molar-refractivity contribution in [2.45, 2.75) is 33.7 Å². The lowest BCUT2D eigenvalue weighted by Crippen LogP contribution is -2.31. The van der Waals surface area contributed by atoms with Gasteiger partial charge >= 0.3 is 0 Å². The highest BCUT2D eigenvalue weighted by atomic mass is 35.5. The van der Waals surface area contributed by atoms with Gasteiger partial charge in [-0.15, -0.1) is 11.3 Å². The molecule has 0 aliphatic rings. The van der Waals surface area contributed by atoms with Crippen LogP contribution in [0.1, 0.15) is 46.6 Å². The third-order valence-corrected chi connectivity index (χ3v) is 5.16. The van der Waals surface area contributed by atoms with E-state index in [0.717, 1.165) is 16.3 Å². The average Bonchev–Trinajstić information content (AvgIpc) is 3.13. The molecule has 1 amide bonds. The number of nitrogens with zero attached hydrogens (tertiary/aromatic N) is 3. The number of amides is 1. The number of halogens is 1. The first kappa shape index (κ1) is 16.9. The molecule has 126 valence electrons. The second-order valence-electron chi connectivity index (χ2n) is 6.15. The van der Waals surface area contributed by atoms with E-state index >= 15 is 0 Å². The molecule has 7 heteroatoms. The number of rotatable bonds is 4. The third-order valence-electron chi connectivity index (χ3n) is 3.86. The number of aromatic nitrogens is 3. The van der Waals surface area contributed by atoms with Crippen LogP contribution < -0.4 is 5.32 Å². The summed E-state index contributed by atoms with van der Waals surface area (Å²) in [5.74, 6) is -0.0276. The fraction of sp³-hybridized carbons (Fsp3) is 0.353. The smallest absolute Gasteiger partial charge is 0.273 e. The van der Waals surface area contributed by atoms with E-state index in [1.807, 2.05) is 37.4 Å². The van der Waals surface area contributed by atoms with Gasteiger partial charge in [0.2, 0.25) is 0 Å². The second kappa shape index (κ2) is 6.53. The number of fused-ring (bicyclic) bond motifs is 1. The highest BCUT2D eigenvalue weighted by Crippen LogP contribution is 2.27. The summed E-state index contributed by atoms with van der Waals surface area (Å²) in [6.45, 7) is 7.95. The lowest BCUT2D eigenvalue weighted by atomic mass is 10.0. The van der Waals surface area contributed by atoms with E-state index in [9.17, 15) is 4.79 Å². The quantitative estimate of drug-likeness (QED) is 0.757. The van der Waals surface area contributed by atoms with Gasteiger partial charge in [0.15, 0.2) is 11.3 Å². The summed E-state index contributed by atoms with van der Waals surface area (Å²) in [6.07, 6.45) is 0. The third kappa shape index (κ3) is 3.03. The molecule has 1 unspecified atom stereocenters. The number of carbonyl (C=O) groups is 1. The van der Waals surface area contributed by atoms with Crippen LogP contribution in [0.4, 0.5) is 0 Å². The molecule has 0 fully saturated rings. The van der Waals surface area contributed by atoms with Crippen molar-refractivity contribution in [2.75, 3.05) is 0 Å². The van der Waals surface area contributed by atoms with E-state index in [-0.39, 0.29) is 28.6 Å². The normalized spacial score (nSPS) is 12.8. The fourth-order valence-electron chi connectivity index (χ4n) is 2.68. The maximum atomic E-state index is 12.7. The molecule has 0 saturated heterocycles. The van der Waals surface area contributed by atoms with Crippen LogP contribution in [0.25, 0.3) is 5.65 Å². The lowest BCUT2D eigenvalue weighted by molar-refractivity contribution is 0.0921. The topological polar surface area (TPSA) is 59.3 Å². The van der Waals surface area contributed by atoms with Gasteiger partial charge in [-0.05, 0) is 37.3 Å². The number of hydrogen-bond donors (Lipinski definition) is 1. The Kier molecular flexibility index (Phi) is 4.60. The maximum Gasteiger partial charge on any atom is 0.273 e. The average molecular weight is 363 g/mol. The maximum absolute atomic E-state index is 12.7. The van der Waals surface area contributed by atoms with Gasteiger partial charge in [0, 0.05) is 16.3 Å². The number of nitrogens with one attached hydrogen (secondary N) is 1. The Morgan fingerprint density at radius 1 is 1.38 bits per heavy atom. The van der Waals surface area contributed by atoms with Gasteiger partial charge < -0.3 is 5.32 Å². The van der Waals surface area contributed by atoms with E-state index in [0.29, 0.717) is 5.65 Å². The molecule has 1 N–H and O–H groups in total. The molecule has 3 aromatic heterocycles. The molecule has 0 aromatic carbocycles. The molecular formula is C17H19ClN4OS. The van der Waals surface area contributed by atoms with Crippen LogP contribution in [-0.2, 0) is 0 Å². The Bertz CT molecular complexity index is 886. The summed E-state index contributed by atoms with van der Waals surface area (Å²) in [5, 5.41) is 9.70. The number of carbonyl (C=O) groups excluding carboxylic acids is 1. The Hall–Kier alpha value is -1.92. The molecule has 0 aliphatic carbocycles. The van der Waals surface area contributed by atoms with Crippen molar-refractivity contribution in [1.82, 2.24) is 19.9 Å². The Morgan fingerprint density at radius 2 is 2.12 bits per heavy atom. The van der Waals surface area contributed by atoms with E-state index < -0.39 is 0 Å². The van der Waals surface area contributed by atoms with Crippen molar-refractivity contribution in [1.29, 1.82) is 0 Å². The minimum Gasteiger partial charge on any atom is -0.343 e. The largest absolute Gasteiger partial charge is 0.343 e. The molecule has 0 aliphatic heterocycles. The van der Waals surface area contributed by atoms with Crippen LogP contribution in [0.2, 0.25) is 5.02 Å². The second-order valence-corrected chi connectivity index (χ2v) is 7.50. The molecule has 0 radical (unpaired) electrons. The van der Waals surface area contributed by atoms with Crippen molar-refractivity contribution in [2.24, 2.45) is 5.92 Å². The molecule has 3 aromatic rings. The van der Waals surface area contributed by atoms with Crippen LogP contribution in [0, 0.1) is 19.8 Å². The Morgan fingerprint density at radius 3 is 2.75 bits per heavy atom. The van der Waals surface area contributed by atoms with Crippen molar-refractivity contribution < 1.29 is 4.79 Å². The van der Waals surface area contributed by atoms with Crippen molar-refractivity contribution in [3.05, 3.63) is 50.6 Å². The van der Waals surface area contributed by atoms with Gasteiger partial charge in [-0.25, -0.2) is 9.50 Å². The number of aryl methyl sites for hydroxylation is 2. The minimum absolute atomic E-state index is 0.0748. The number of hydrogen-bond acceptors (Lipinski definition) is 4. The Balaban J connectivity index is 1.97. The molecule has 0 bridgehead atoms. The molecule has 0 spiro atoms. The first-order valence-corrected chi connectivity index (χ1v) is 9.01. The highest BCUT2D eigenvalue weighted by molar-refractivity contribution is 7.10. The summed E-state index contributed by atoms with van der Waals surface area (Å²) >= 11 is 8.00. The predicted octanol–water partition coefficient (Wildman–Crippen LogP) is 4.19. The standard InChI is InChI=1S/C17H19ClN4OS/c1-9(2)14(12-6-5-7-24-12)20-17(23)15-13(18)16-19-10(3)8-11(4)22(16)21-15/h5-9,14H,1-4H3,(H,20,23). The monoisotopic (exact) mass is 362 g/mol. The van der Waals surface area contributed by atoms with Crippen molar-refractivity contribution in [3.63, 3.8) is 0 Å². The van der Waals surface area contributed by atoms with E-state index in [1.165, 1.54) is 0 Å². The zero-order valence-corrected chi connectivity index (χ0v) is 15.6. The SMILES string of the molecule is Cc1cc(C)n2nc(C(=O)NC(c3cccs3)C(C)C)c(Cl)c2n1. The summed E-state index contributed by atoms with van der Waals surface area (Å²) in [7, 11) is 0. The van der Waals surface area contributed by atoms with E-state index in [1.54, 1.807) is 15.9 Å². The summed E-state index contributed by atoms with van der Waals surface area (Å²) in [4.78, 5) is 18.3. The molecular weight excluding hydrogens is 344 g/mol. The lowest BCUT2D eigenvalue weighted by Gasteiger charge is -2.20. The van der Waals surface area contributed by atoms with Crippen molar-refractivity contribution in [3.8, 4) is 0 Å². The first-order chi connectivity index (χ1) is 11.4. The molecule has 3 rings (SSSR count). The van der Waals surface area contributed by atoms with Crippen LogP contribution in [-0.4, -0.2) is 20.5 Å². The molecule has 24 heavy (non-hydrogen) atoms. The zero-order chi connectivity index (χ0) is 17.4. The first-order valence-electron chi connectivity index (χ1n) is 7.75. The summed E-state index contributed by atoms with van der Waals surface area (Å²) < 4.78 is 1.61. The highest BCUT2D eigenvalue weighted by Gasteiger charge is 2.25. The van der Waals surface area contributed by atoms with E-state index in [4.69, 9.17) is 11.6 Å². The van der Waals surface area contributed by atoms with Gasteiger partial charge in [-0.3, -0.25) is 4.79 Å². The minimum atomic E-state index is -0.283. The summed E-state index contributed by atoms with van der Waals surface area (Å²) in [5.41, 5.74) is 2.45. The zero-order valence-electron chi connectivity index (χ0n) is 14.0. The van der Waals surface area contributed by atoms with Crippen molar-refractivity contribution >= 4 is 34.5 Å². The van der Waals surface area contributed by atoms with E-state index in [2.05, 4.69) is 29.2 Å². The predicted molar refractivity (Wildman–Crippen MR) is 96.8 cm³/mol. The molecule has 1 atom stereocenters. The number of thiophene rings is 1. The van der Waals surface area contributed by atoms with Gasteiger partial charge in [0.05, 0.1) is 6.04 Å².